The van der Waals surface area contributed by atoms with Crippen molar-refractivity contribution >= 4 is 16.0 Å². The van der Waals surface area contributed by atoms with Crippen LogP contribution in [0.25, 0.3) is 5.73 Å². The quantitative estimate of drug-likeness (QED) is 0.349. The third-order valence-corrected chi connectivity index (χ3v) is 2.83. The summed E-state index contributed by atoms with van der Waals surface area (Å²) in [4.78, 5) is 10.4. The Hall–Kier alpha value is 0.120. The zero-order chi connectivity index (χ0) is 10.6. The Balaban J connectivity index is 0. The number of nitrogens with one attached hydrogen (secondary N) is 1. The molecule has 1 atom stereocenters. The molecule has 0 aliphatic rings. The van der Waals surface area contributed by atoms with Gasteiger partial charge in [-0.3, -0.25) is 4.55 Å². The van der Waals surface area contributed by atoms with E-state index in [9.17, 15) is 13.2 Å². The van der Waals surface area contributed by atoms with Gasteiger partial charge in [-0.05, 0) is 25.8 Å². The molecule has 0 rings (SSSR count). The van der Waals surface area contributed by atoms with Crippen molar-refractivity contribution in [2.75, 3.05) is 0 Å². The molecule has 7 heteroatoms. The van der Waals surface area contributed by atoms with Crippen LogP contribution in [0.5, 0.6) is 0 Å². The maximum atomic E-state index is 10.5. The summed E-state index contributed by atoms with van der Waals surface area (Å²) in [6.45, 7) is 2.75. The van der Waals surface area contributed by atoms with Gasteiger partial charge >= 0.3 is 29.6 Å². The third-order valence-electron chi connectivity index (χ3n) is 1.62. The van der Waals surface area contributed by atoms with Gasteiger partial charge in [0.25, 0.3) is 10.1 Å². The van der Waals surface area contributed by atoms with Crippen molar-refractivity contribution in [1.29, 1.82) is 0 Å². The van der Waals surface area contributed by atoms with Crippen molar-refractivity contribution in [3.05, 3.63) is 17.4 Å². The van der Waals surface area contributed by atoms with Crippen LogP contribution in [0.4, 0.5) is 0 Å². The topological polar surface area (TPSA) is 95.2 Å². The Morgan fingerprint density at radius 1 is 1.57 bits per heavy atom. The van der Waals surface area contributed by atoms with E-state index in [0.717, 1.165) is 0 Å². The summed E-state index contributed by atoms with van der Waals surface area (Å²) < 4.78 is 29.6. The normalized spacial score (nSPS) is 14.4. The van der Waals surface area contributed by atoms with Crippen LogP contribution in [0, 0.1) is 0 Å². The monoisotopic (exact) mass is 229 g/mol. The van der Waals surface area contributed by atoms with E-state index in [1.807, 2.05) is 0 Å². The molecule has 0 spiro atoms. The summed E-state index contributed by atoms with van der Waals surface area (Å²) in [7, 11) is -4.04. The third kappa shape index (κ3) is 6.56. The van der Waals surface area contributed by atoms with Gasteiger partial charge in [0.05, 0.1) is 11.2 Å². The SMILES string of the molecule is CC(=CCC(C)S(=O)(=O)O)C([NH-])=O.[Na+]. The number of carbonyl (C=O) groups is 1. The molecule has 0 saturated carbocycles. The zero-order valence-electron chi connectivity index (χ0n) is 8.44. The van der Waals surface area contributed by atoms with E-state index in [2.05, 4.69) is 0 Å². The van der Waals surface area contributed by atoms with Gasteiger partial charge in [0.15, 0.2) is 0 Å². The van der Waals surface area contributed by atoms with Gasteiger partial charge in [0.2, 0.25) is 0 Å². The molecule has 0 aliphatic carbocycles. The smallest absolute Gasteiger partial charge is 0.664 e. The molecule has 0 bridgehead atoms. The van der Waals surface area contributed by atoms with E-state index in [1.54, 1.807) is 0 Å². The maximum Gasteiger partial charge on any atom is 1.00 e. The zero-order valence-corrected chi connectivity index (χ0v) is 11.3. The predicted molar refractivity (Wildman–Crippen MR) is 48.7 cm³/mol. The summed E-state index contributed by atoms with van der Waals surface area (Å²) in [5, 5.41) is -0.943. The molecule has 0 aromatic rings. The van der Waals surface area contributed by atoms with Gasteiger partial charge < -0.3 is 10.5 Å². The fourth-order valence-corrected chi connectivity index (χ4v) is 0.896. The molecule has 0 fully saturated rings. The van der Waals surface area contributed by atoms with Crippen LogP contribution in [-0.2, 0) is 14.9 Å². The van der Waals surface area contributed by atoms with Crippen LogP contribution in [0.2, 0.25) is 0 Å². The molecule has 0 radical (unpaired) electrons. The molecule has 5 nitrogen and oxygen atoms in total. The largest absolute Gasteiger partial charge is 1.00 e. The number of amides is 1. The van der Waals surface area contributed by atoms with Crippen molar-refractivity contribution in [3.63, 3.8) is 0 Å². The van der Waals surface area contributed by atoms with E-state index < -0.39 is 21.3 Å². The molecule has 1 unspecified atom stereocenters. The van der Waals surface area contributed by atoms with Gasteiger partial charge in [0.1, 0.15) is 0 Å². The van der Waals surface area contributed by atoms with E-state index in [-0.39, 0.29) is 41.6 Å². The first-order chi connectivity index (χ1) is 5.75. The number of carbonyl (C=O) groups excluding carboxylic acids is 1. The standard InChI is InChI=1S/C7H13NO4S.Na/c1-5(7(8)9)3-4-6(2)13(10,11)12;/h3,6H,4H2,1-2H3,(H3,8,9,10,11,12);/q;+1/p-1. The number of rotatable bonds is 4. The Bertz CT molecular complexity index is 323. The van der Waals surface area contributed by atoms with E-state index in [1.165, 1.54) is 19.9 Å². The van der Waals surface area contributed by atoms with Crippen LogP contribution in [0.15, 0.2) is 11.6 Å². The summed E-state index contributed by atoms with van der Waals surface area (Å²) in [5.41, 5.74) is 6.84. The predicted octanol–water partition coefficient (Wildman–Crippen LogP) is -1.82. The number of allylic oxidation sites excluding steroid dienone is 1. The average molecular weight is 229 g/mol. The molecular formula is C7H12NNaO4S. The second-order valence-corrected chi connectivity index (χ2v) is 4.61. The molecule has 14 heavy (non-hydrogen) atoms. The minimum absolute atomic E-state index is 0. The minimum atomic E-state index is -4.04. The second kappa shape index (κ2) is 6.58. The maximum absolute atomic E-state index is 10.5. The summed E-state index contributed by atoms with van der Waals surface area (Å²) >= 11 is 0. The Labute approximate surface area is 106 Å². The van der Waals surface area contributed by atoms with E-state index >= 15 is 0 Å². The van der Waals surface area contributed by atoms with Crippen LogP contribution < -0.4 is 29.6 Å². The number of hydrogen-bond acceptors (Lipinski definition) is 3. The van der Waals surface area contributed by atoms with Crippen molar-refractivity contribution in [1.82, 2.24) is 0 Å². The van der Waals surface area contributed by atoms with Crippen LogP contribution in [0.3, 0.4) is 0 Å². The Kier molecular flexibility index (Phi) is 7.77. The first-order valence-electron chi connectivity index (χ1n) is 3.64. The molecule has 0 aliphatic heterocycles. The van der Waals surface area contributed by atoms with Crippen molar-refractivity contribution in [2.45, 2.75) is 25.5 Å². The van der Waals surface area contributed by atoms with E-state index in [4.69, 9.17) is 10.3 Å². The summed E-state index contributed by atoms with van der Waals surface area (Å²) in [6.07, 6.45) is 1.36. The van der Waals surface area contributed by atoms with Gasteiger partial charge in [0, 0.05) is 0 Å². The average Bonchev–Trinajstić information content (AvgIpc) is 1.97. The molecule has 1 amide bonds. The van der Waals surface area contributed by atoms with Gasteiger partial charge in [-0.2, -0.15) is 8.42 Å². The second-order valence-electron chi connectivity index (χ2n) is 2.78. The molecular weight excluding hydrogens is 217 g/mol. The first-order valence-corrected chi connectivity index (χ1v) is 5.14. The van der Waals surface area contributed by atoms with Gasteiger partial charge in [-0.1, -0.05) is 6.08 Å². The van der Waals surface area contributed by atoms with Gasteiger partial charge in [-0.25, -0.2) is 0 Å². The van der Waals surface area contributed by atoms with Crippen LogP contribution in [-0.4, -0.2) is 24.1 Å². The van der Waals surface area contributed by atoms with Crippen molar-refractivity contribution in [2.24, 2.45) is 0 Å². The van der Waals surface area contributed by atoms with Crippen LogP contribution in [0.1, 0.15) is 20.3 Å². The Morgan fingerprint density at radius 3 is 2.29 bits per heavy atom. The molecule has 76 valence electrons. The van der Waals surface area contributed by atoms with Crippen LogP contribution >= 0.6 is 0 Å². The summed E-state index contributed by atoms with van der Waals surface area (Å²) in [5.74, 6) is -0.845. The Morgan fingerprint density at radius 2 is 2.00 bits per heavy atom. The van der Waals surface area contributed by atoms with E-state index in [0.29, 0.717) is 0 Å². The molecule has 0 aromatic carbocycles. The fourth-order valence-electron chi connectivity index (χ4n) is 0.557. The van der Waals surface area contributed by atoms with Crippen molar-refractivity contribution < 1.29 is 47.3 Å². The molecule has 2 N–H and O–H groups in total. The molecule has 0 aromatic heterocycles. The molecule has 0 heterocycles. The van der Waals surface area contributed by atoms with Gasteiger partial charge in [-0.15, -0.1) is 0 Å². The number of hydrogen-bond donors (Lipinski definition) is 1. The molecule has 0 saturated heterocycles. The first kappa shape index (κ1) is 16.5. The fraction of sp³-hybridized carbons (Fsp3) is 0.571. The minimum Gasteiger partial charge on any atom is -0.664 e. The summed E-state index contributed by atoms with van der Waals surface area (Å²) in [6, 6.07) is 0. The van der Waals surface area contributed by atoms with Crippen molar-refractivity contribution in [3.8, 4) is 0 Å².